The Hall–Kier alpha value is -2.09. The van der Waals surface area contributed by atoms with Crippen molar-refractivity contribution in [2.24, 2.45) is 0 Å². The van der Waals surface area contributed by atoms with Crippen LogP contribution in [-0.2, 0) is 17.9 Å². The molecule has 0 aliphatic rings. The van der Waals surface area contributed by atoms with Crippen LogP contribution in [0.25, 0.3) is 0 Å². The van der Waals surface area contributed by atoms with E-state index in [1.807, 2.05) is 6.07 Å². The molecule has 0 saturated carbocycles. The smallest absolute Gasteiger partial charge is 0.248 e. The van der Waals surface area contributed by atoms with Gasteiger partial charge in [0.05, 0.1) is 17.8 Å². The van der Waals surface area contributed by atoms with Crippen molar-refractivity contribution in [3.8, 4) is 0 Å². The summed E-state index contributed by atoms with van der Waals surface area (Å²) in [7, 11) is 0. The van der Waals surface area contributed by atoms with Gasteiger partial charge in [-0.05, 0) is 17.7 Å². The number of aromatic nitrogens is 5. The van der Waals surface area contributed by atoms with Crippen LogP contribution >= 0.6 is 34.8 Å². The number of halogens is 3. The van der Waals surface area contributed by atoms with Crippen molar-refractivity contribution in [3.63, 3.8) is 0 Å². The SMILES string of the molecule is O=C(Cn1cc(Cl)cn1)Nc1ncn(Cc2ccc(Cl)cc2Cl)n1. The van der Waals surface area contributed by atoms with E-state index in [2.05, 4.69) is 20.5 Å². The van der Waals surface area contributed by atoms with Gasteiger partial charge < -0.3 is 0 Å². The van der Waals surface area contributed by atoms with E-state index in [-0.39, 0.29) is 18.4 Å². The molecular weight excluding hydrogens is 375 g/mol. The Morgan fingerprint density at radius 3 is 2.71 bits per heavy atom. The van der Waals surface area contributed by atoms with Crippen molar-refractivity contribution in [3.05, 3.63) is 57.6 Å². The summed E-state index contributed by atoms with van der Waals surface area (Å²) in [5.74, 6) is -0.111. The minimum absolute atomic E-state index is 0.0181. The number of carbonyl (C=O) groups excluding carboxylic acids is 1. The number of hydrogen-bond donors (Lipinski definition) is 1. The molecule has 124 valence electrons. The fourth-order valence-electron chi connectivity index (χ4n) is 1.99. The summed E-state index contributed by atoms with van der Waals surface area (Å²) in [6.07, 6.45) is 4.51. The van der Waals surface area contributed by atoms with E-state index in [1.54, 1.807) is 23.0 Å². The molecule has 0 fully saturated rings. The summed E-state index contributed by atoms with van der Waals surface area (Å²) in [4.78, 5) is 16.0. The van der Waals surface area contributed by atoms with Crippen molar-refractivity contribution in [2.45, 2.75) is 13.1 Å². The zero-order chi connectivity index (χ0) is 17.1. The van der Waals surface area contributed by atoms with Gasteiger partial charge in [0.1, 0.15) is 12.9 Å². The predicted molar refractivity (Wildman–Crippen MR) is 91.5 cm³/mol. The summed E-state index contributed by atoms with van der Waals surface area (Å²) in [5.41, 5.74) is 0.843. The molecule has 3 rings (SSSR count). The van der Waals surface area contributed by atoms with Gasteiger partial charge in [-0.15, -0.1) is 5.10 Å². The van der Waals surface area contributed by atoms with Crippen LogP contribution in [0.15, 0.2) is 36.9 Å². The fourth-order valence-corrected chi connectivity index (χ4v) is 2.61. The van der Waals surface area contributed by atoms with Crippen molar-refractivity contribution in [1.29, 1.82) is 0 Å². The fraction of sp³-hybridized carbons (Fsp3) is 0.143. The second-order valence-electron chi connectivity index (χ2n) is 4.91. The minimum atomic E-state index is -0.308. The van der Waals surface area contributed by atoms with Gasteiger partial charge >= 0.3 is 0 Å². The van der Waals surface area contributed by atoms with Crippen LogP contribution < -0.4 is 5.32 Å². The third kappa shape index (κ3) is 4.25. The number of rotatable bonds is 5. The lowest BCUT2D eigenvalue weighted by Crippen LogP contribution is -2.19. The van der Waals surface area contributed by atoms with Crippen molar-refractivity contribution in [2.75, 3.05) is 5.32 Å². The molecule has 1 amide bonds. The van der Waals surface area contributed by atoms with E-state index in [1.165, 1.54) is 17.2 Å². The molecule has 3 aromatic rings. The number of nitrogens with zero attached hydrogens (tertiary/aromatic N) is 5. The Balaban J connectivity index is 1.61. The van der Waals surface area contributed by atoms with E-state index in [0.29, 0.717) is 21.6 Å². The van der Waals surface area contributed by atoms with E-state index >= 15 is 0 Å². The number of benzene rings is 1. The molecule has 7 nitrogen and oxygen atoms in total. The van der Waals surface area contributed by atoms with E-state index in [9.17, 15) is 4.79 Å². The van der Waals surface area contributed by atoms with Gasteiger partial charge in [-0.3, -0.25) is 14.8 Å². The summed E-state index contributed by atoms with van der Waals surface area (Å²) in [5, 5.41) is 12.3. The maximum Gasteiger partial charge on any atom is 0.248 e. The van der Waals surface area contributed by atoms with E-state index in [4.69, 9.17) is 34.8 Å². The maximum atomic E-state index is 11.9. The topological polar surface area (TPSA) is 77.6 Å². The molecule has 0 spiro atoms. The first-order valence-corrected chi connectivity index (χ1v) is 7.94. The van der Waals surface area contributed by atoms with Gasteiger partial charge in [0.15, 0.2) is 0 Å². The van der Waals surface area contributed by atoms with Gasteiger partial charge in [0, 0.05) is 16.2 Å². The van der Waals surface area contributed by atoms with Gasteiger partial charge in [0.25, 0.3) is 0 Å². The van der Waals surface area contributed by atoms with Gasteiger partial charge in [-0.2, -0.15) is 5.10 Å². The first kappa shape index (κ1) is 16.8. The van der Waals surface area contributed by atoms with Crippen molar-refractivity contribution >= 4 is 46.7 Å². The van der Waals surface area contributed by atoms with Crippen LogP contribution in [0, 0.1) is 0 Å². The van der Waals surface area contributed by atoms with E-state index in [0.717, 1.165) is 5.56 Å². The minimum Gasteiger partial charge on any atom is -0.292 e. The van der Waals surface area contributed by atoms with Crippen LogP contribution in [-0.4, -0.2) is 30.5 Å². The lowest BCUT2D eigenvalue weighted by Gasteiger charge is -2.04. The predicted octanol–water partition coefficient (Wildman–Crippen LogP) is 3.12. The molecule has 0 bridgehead atoms. The summed E-state index contributed by atoms with van der Waals surface area (Å²) in [6, 6.07) is 5.22. The molecule has 24 heavy (non-hydrogen) atoms. The molecule has 2 heterocycles. The first-order chi connectivity index (χ1) is 11.5. The van der Waals surface area contributed by atoms with E-state index < -0.39 is 0 Å². The Kier molecular flexibility index (Phi) is 5.03. The van der Waals surface area contributed by atoms with Gasteiger partial charge in [-0.25, -0.2) is 9.67 Å². The maximum absolute atomic E-state index is 11.9. The third-order valence-corrected chi connectivity index (χ3v) is 3.82. The Morgan fingerprint density at radius 1 is 1.17 bits per heavy atom. The number of amides is 1. The quantitative estimate of drug-likeness (QED) is 0.732. The summed E-state index contributed by atoms with van der Waals surface area (Å²) in [6.45, 7) is 0.428. The van der Waals surface area contributed by atoms with Crippen molar-refractivity contribution < 1.29 is 4.79 Å². The molecule has 2 aromatic heterocycles. The highest BCUT2D eigenvalue weighted by Gasteiger charge is 2.09. The second kappa shape index (κ2) is 7.21. The normalized spacial score (nSPS) is 10.8. The number of nitrogens with one attached hydrogen (secondary N) is 1. The molecule has 1 aromatic carbocycles. The van der Waals surface area contributed by atoms with Crippen LogP contribution in [0.4, 0.5) is 5.95 Å². The first-order valence-electron chi connectivity index (χ1n) is 6.81. The second-order valence-corrected chi connectivity index (χ2v) is 6.19. The number of carbonyl (C=O) groups is 1. The largest absolute Gasteiger partial charge is 0.292 e. The van der Waals surface area contributed by atoms with Crippen LogP contribution in [0.3, 0.4) is 0 Å². The highest BCUT2D eigenvalue weighted by molar-refractivity contribution is 6.35. The standard InChI is InChI=1S/C14H11Cl3N6O/c15-10-2-1-9(12(17)3-10)5-23-8-18-14(21-23)20-13(24)7-22-6-11(16)4-19-22/h1-4,6,8H,5,7H2,(H,20,21,24). The van der Waals surface area contributed by atoms with Crippen LogP contribution in [0.5, 0.6) is 0 Å². The zero-order valence-corrected chi connectivity index (χ0v) is 14.4. The average Bonchev–Trinajstić information content (AvgIpc) is 3.11. The average molecular weight is 386 g/mol. The van der Waals surface area contributed by atoms with Gasteiger partial charge in [-0.1, -0.05) is 40.9 Å². The molecule has 10 heteroatoms. The van der Waals surface area contributed by atoms with Crippen LogP contribution in [0.2, 0.25) is 15.1 Å². The van der Waals surface area contributed by atoms with Gasteiger partial charge in [0.2, 0.25) is 11.9 Å². The number of anilines is 1. The molecule has 0 unspecified atom stereocenters. The molecular formula is C14H11Cl3N6O. The molecule has 1 N–H and O–H groups in total. The molecule has 0 atom stereocenters. The highest BCUT2D eigenvalue weighted by atomic mass is 35.5. The third-order valence-electron chi connectivity index (χ3n) is 3.04. The lowest BCUT2D eigenvalue weighted by molar-refractivity contribution is -0.116. The Morgan fingerprint density at radius 2 is 2.00 bits per heavy atom. The molecule has 0 radical (unpaired) electrons. The zero-order valence-electron chi connectivity index (χ0n) is 12.2. The highest BCUT2D eigenvalue weighted by Crippen LogP contribution is 2.21. The Labute approximate surface area is 152 Å². The summed E-state index contributed by atoms with van der Waals surface area (Å²) >= 11 is 17.7. The molecule has 0 saturated heterocycles. The summed E-state index contributed by atoms with van der Waals surface area (Å²) < 4.78 is 2.98. The monoisotopic (exact) mass is 384 g/mol. The lowest BCUT2D eigenvalue weighted by atomic mass is 10.2. The molecule has 0 aliphatic carbocycles. The van der Waals surface area contributed by atoms with Crippen LogP contribution in [0.1, 0.15) is 5.56 Å². The van der Waals surface area contributed by atoms with Crippen molar-refractivity contribution in [1.82, 2.24) is 24.5 Å². The Bertz CT molecular complexity index is 875. The molecule has 0 aliphatic heterocycles. The number of hydrogen-bond acceptors (Lipinski definition) is 4.